The largest absolute Gasteiger partial charge is 0.393 e. The summed E-state index contributed by atoms with van der Waals surface area (Å²) in [7, 11) is 0. The fraction of sp³-hybridized carbons (Fsp3) is 0.889. The van der Waals surface area contributed by atoms with Crippen LogP contribution in [0.1, 0.15) is 34.1 Å². The molecule has 13 heavy (non-hydrogen) atoms. The van der Waals surface area contributed by atoms with Crippen molar-refractivity contribution in [1.29, 1.82) is 0 Å². The number of rotatable bonds is 4. The van der Waals surface area contributed by atoms with E-state index in [-0.39, 0.29) is 18.1 Å². The van der Waals surface area contributed by atoms with Gasteiger partial charge >= 0.3 is 0 Å². The van der Waals surface area contributed by atoms with E-state index in [1.54, 1.807) is 20.8 Å². The molecule has 0 spiro atoms. The van der Waals surface area contributed by atoms with Crippen LogP contribution in [-0.4, -0.2) is 27.5 Å². The number of nitrogens with one attached hydrogen (secondary N) is 1. The van der Waals surface area contributed by atoms with E-state index in [9.17, 15) is 4.79 Å². The Morgan fingerprint density at radius 1 is 1.54 bits per heavy atom. The normalized spacial score (nSPS) is 16.5. The number of amides is 1. The van der Waals surface area contributed by atoms with Crippen LogP contribution < -0.4 is 5.32 Å². The van der Waals surface area contributed by atoms with Gasteiger partial charge in [0, 0.05) is 6.04 Å². The van der Waals surface area contributed by atoms with Gasteiger partial charge in [0.05, 0.1) is 10.4 Å². The summed E-state index contributed by atoms with van der Waals surface area (Å²) < 4.78 is -0.542. The molecule has 0 saturated heterocycles. The minimum atomic E-state index is -0.542. The second-order valence-corrected chi connectivity index (χ2v) is 5.91. The Bertz CT molecular complexity index is 175. The smallest absolute Gasteiger partial charge is 0.236 e. The monoisotopic (exact) mass is 251 g/mol. The molecule has 3 nitrogen and oxygen atoms in total. The molecule has 0 bridgehead atoms. The number of alkyl halides is 1. The summed E-state index contributed by atoms with van der Waals surface area (Å²) in [5.41, 5.74) is 0. The van der Waals surface area contributed by atoms with Crippen molar-refractivity contribution in [2.45, 2.75) is 50.6 Å². The van der Waals surface area contributed by atoms with E-state index in [0.717, 1.165) is 0 Å². The molecule has 0 aliphatic rings. The first kappa shape index (κ1) is 12.9. The lowest BCUT2D eigenvalue weighted by molar-refractivity contribution is -0.123. The van der Waals surface area contributed by atoms with Gasteiger partial charge in [0.1, 0.15) is 0 Å². The molecule has 0 aromatic rings. The number of aliphatic hydroxyl groups excluding tert-OH is 1. The quantitative estimate of drug-likeness (QED) is 0.744. The molecule has 0 saturated carbocycles. The molecule has 0 fully saturated rings. The number of carbonyl (C=O) groups excluding carboxylic acids is 1. The molecular weight excluding hydrogens is 234 g/mol. The van der Waals surface area contributed by atoms with Crippen LogP contribution >= 0.6 is 15.9 Å². The van der Waals surface area contributed by atoms with Crippen molar-refractivity contribution in [3.63, 3.8) is 0 Å². The third-order valence-electron chi connectivity index (χ3n) is 1.61. The van der Waals surface area contributed by atoms with Gasteiger partial charge in [0.2, 0.25) is 5.91 Å². The summed E-state index contributed by atoms with van der Waals surface area (Å²) in [5.74, 6) is -0.0550. The first-order valence-corrected chi connectivity index (χ1v) is 5.20. The first-order chi connectivity index (χ1) is 5.73. The highest BCUT2D eigenvalue weighted by molar-refractivity contribution is 9.10. The molecule has 2 unspecified atom stereocenters. The Morgan fingerprint density at radius 3 is 2.31 bits per heavy atom. The number of carbonyl (C=O) groups is 1. The van der Waals surface area contributed by atoms with Crippen LogP contribution in [0.5, 0.6) is 0 Å². The maximum Gasteiger partial charge on any atom is 0.236 e. The summed E-state index contributed by atoms with van der Waals surface area (Å²) in [4.78, 5) is 11.4. The molecule has 0 aromatic heterocycles. The van der Waals surface area contributed by atoms with Crippen LogP contribution in [0.4, 0.5) is 0 Å². The van der Waals surface area contributed by atoms with Gasteiger partial charge in [-0.2, -0.15) is 0 Å². The van der Waals surface area contributed by atoms with E-state index in [0.29, 0.717) is 6.42 Å². The van der Waals surface area contributed by atoms with Gasteiger partial charge in [0.15, 0.2) is 0 Å². The van der Waals surface area contributed by atoms with Crippen molar-refractivity contribution in [2.75, 3.05) is 0 Å². The SMILES string of the molecule is CC(O)CC(C)NC(=O)C(C)(C)Br. The van der Waals surface area contributed by atoms with E-state index >= 15 is 0 Å². The fourth-order valence-electron chi connectivity index (χ4n) is 0.966. The van der Waals surface area contributed by atoms with Crippen LogP contribution in [0.15, 0.2) is 0 Å². The van der Waals surface area contributed by atoms with E-state index in [4.69, 9.17) is 5.11 Å². The molecule has 78 valence electrons. The standard InChI is InChI=1S/C9H18BrNO2/c1-6(5-7(2)12)11-8(13)9(3,4)10/h6-7,12H,5H2,1-4H3,(H,11,13). The highest BCUT2D eigenvalue weighted by Crippen LogP contribution is 2.15. The third kappa shape index (κ3) is 6.05. The zero-order valence-corrected chi connectivity index (χ0v) is 10.2. The van der Waals surface area contributed by atoms with Crippen molar-refractivity contribution >= 4 is 21.8 Å². The van der Waals surface area contributed by atoms with E-state index in [2.05, 4.69) is 21.2 Å². The number of hydrogen-bond donors (Lipinski definition) is 2. The van der Waals surface area contributed by atoms with Gasteiger partial charge in [0.25, 0.3) is 0 Å². The molecular formula is C9H18BrNO2. The second-order valence-electron chi connectivity index (χ2n) is 3.93. The van der Waals surface area contributed by atoms with Gasteiger partial charge in [-0.05, 0) is 34.1 Å². The van der Waals surface area contributed by atoms with Gasteiger partial charge < -0.3 is 10.4 Å². The average Bonchev–Trinajstić information content (AvgIpc) is 1.82. The molecule has 0 heterocycles. The molecule has 2 atom stereocenters. The lowest BCUT2D eigenvalue weighted by atomic mass is 10.1. The maximum atomic E-state index is 11.4. The zero-order valence-electron chi connectivity index (χ0n) is 8.60. The Hall–Kier alpha value is -0.0900. The molecule has 2 N–H and O–H groups in total. The zero-order chi connectivity index (χ0) is 10.6. The van der Waals surface area contributed by atoms with Gasteiger partial charge in [-0.1, -0.05) is 15.9 Å². The molecule has 1 amide bonds. The van der Waals surface area contributed by atoms with Gasteiger partial charge in [-0.3, -0.25) is 4.79 Å². The number of halogens is 1. The predicted octanol–water partition coefficient (Wildman–Crippen LogP) is 1.44. The molecule has 0 aromatic carbocycles. The summed E-state index contributed by atoms with van der Waals surface area (Å²) in [5, 5.41) is 11.9. The summed E-state index contributed by atoms with van der Waals surface area (Å²) in [6.45, 7) is 7.17. The number of aliphatic hydroxyl groups is 1. The lowest BCUT2D eigenvalue weighted by Crippen LogP contribution is -2.43. The van der Waals surface area contributed by atoms with Gasteiger partial charge in [-0.15, -0.1) is 0 Å². The highest BCUT2D eigenvalue weighted by Gasteiger charge is 2.24. The Kier molecular flexibility index (Phi) is 4.92. The van der Waals surface area contributed by atoms with Crippen LogP contribution in [0, 0.1) is 0 Å². The Balaban J connectivity index is 3.93. The van der Waals surface area contributed by atoms with E-state index in [1.807, 2.05) is 6.92 Å². The maximum absolute atomic E-state index is 11.4. The first-order valence-electron chi connectivity index (χ1n) is 4.41. The highest BCUT2D eigenvalue weighted by atomic mass is 79.9. The molecule has 0 aliphatic heterocycles. The van der Waals surface area contributed by atoms with Crippen LogP contribution in [0.25, 0.3) is 0 Å². The second kappa shape index (κ2) is 4.96. The summed E-state index contributed by atoms with van der Waals surface area (Å²) in [6.07, 6.45) is 0.197. The van der Waals surface area contributed by atoms with Crippen LogP contribution in [0.3, 0.4) is 0 Å². The van der Waals surface area contributed by atoms with Crippen molar-refractivity contribution in [1.82, 2.24) is 5.32 Å². The Morgan fingerprint density at radius 2 is 2.00 bits per heavy atom. The van der Waals surface area contributed by atoms with Crippen molar-refractivity contribution in [3.05, 3.63) is 0 Å². The summed E-state index contributed by atoms with van der Waals surface area (Å²) >= 11 is 3.26. The topological polar surface area (TPSA) is 49.3 Å². The number of hydrogen-bond acceptors (Lipinski definition) is 2. The predicted molar refractivity (Wildman–Crippen MR) is 56.9 cm³/mol. The molecule has 0 rings (SSSR count). The summed E-state index contributed by atoms with van der Waals surface area (Å²) in [6, 6.07) is 0.00400. The molecule has 0 aliphatic carbocycles. The fourth-order valence-corrected chi connectivity index (χ4v) is 1.08. The van der Waals surface area contributed by atoms with Crippen LogP contribution in [0.2, 0.25) is 0 Å². The van der Waals surface area contributed by atoms with Gasteiger partial charge in [-0.25, -0.2) is 0 Å². The minimum Gasteiger partial charge on any atom is -0.393 e. The lowest BCUT2D eigenvalue weighted by Gasteiger charge is -2.21. The Labute approximate surface area is 88.0 Å². The minimum absolute atomic E-state index is 0.00400. The van der Waals surface area contributed by atoms with Crippen LogP contribution in [-0.2, 0) is 4.79 Å². The van der Waals surface area contributed by atoms with Crippen molar-refractivity contribution < 1.29 is 9.90 Å². The van der Waals surface area contributed by atoms with Crippen molar-refractivity contribution in [2.24, 2.45) is 0 Å². The van der Waals surface area contributed by atoms with E-state index in [1.165, 1.54) is 0 Å². The third-order valence-corrected chi connectivity index (χ3v) is 1.97. The van der Waals surface area contributed by atoms with E-state index < -0.39 is 4.32 Å². The molecule has 4 heteroatoms. The van der Waals surface area contributed by atoms with Crippen molar-refractivity contribution in [3.8, 4) is 0 Å². The average molecular weight is 252 g/mol. The molecule has 0 radical (unpaired) electrons.